The second-order valence-electron chi connectivity index (χ2n) is 3.90. The van der Waals surface area contributed by atoms with Crippen LogP contribution < -0.4 is 5.32 Å². The largest absolute Gasteiger partial charge is 0.290 e. The predicted octanol–water partition coefficient (Wildman–Crippen LogP) is 3.05. The van der Waals surface area contributed by atoms with Crippen LogP contribution in [0, 0.1) is 13.8 Å². The summed E-state index contributed by atoms with van der Waals surface area (Å²) in [6.45, 7) is 3.64. The summed E-state index contributed by atoms with van der Waals surface area (Å²) in [5.74, 6) is -0.201. The molecule has 1 N–H and O–H groups in total. The van der Waals surface area contributed by atoms with Gasteiger partial charge < -0.3 is 0 Å². The molecule has 0 fully saturated rings. The van der Waals surface area contributed by atoms with Crippen LogP contribution in [0.5, 0.6) is 0 Å². The first-order chi connectivity index (χ1) is 8.95. The zero-order valence-corrected chi connectivity index (χ0v) is 11.7. The zero-order chi connectivity index (χ0) is 14.0. The number of aryl methyl sites for hydroxylation is 2. The number of hydrogen-bond donors (Lipinski definition) is 1. The molecule has 2 rings (SSSR count). The van der Waals surface area contributed by atoms with Gasteiger partial charge in [-0.15, -0.1) is 0 Å². The fourth-order valence-corrected chi connectivity index (χ4v) is 1.96. The molecular weight excluding hydrogens is 287 g/mol. The van der Waals surface area contributed by atoms with E-state index in [2.05, 4.69) is 20.3 Å². The van der Waals surface area contributed by atoms with Crippen LogP contribution >= 0.6 is 23.2 Å². The molecule has 7 heteroatoms. The lowest BCUT2D eigenvalue weighted by atomic mass is 10.3. The van der Waals surface area contributed by atoms with Crippen molar-refractivity contribution >= 4 is 35.1 Å². The molecule has 19 heavy (non-hydrogen) atoms. The average molecular weight is 297 g/mol. The minimum Gasteiger partial charge on any atom is -0.290 e. The molecule has 0 radical (unpaired) electrons. The predicted molar refractivity (Wildman–Crippen MR) is 73.7 cm³/mol. The average Bonchev–Trinajstić information content (AvgIpc) is 2.26. The van der Waals surface area contributed by atoms with Crippen molar-refractivity contribution in [1.29, 1.82) is 0 Å². The highest BCUT2D eigenvalue weighted by Crippen LogP contribution is 2.17. The van der Waals surface area contributed by atoms with Gasteiger partial charge in [-0.3, -0.25) is 10.1 Å². The molecule has 2 aromatic rings. The molecule has 1 amide bonds. The Labute approximate surface area is 120 Å². The fourth-order valence-electron chi connectivity index (χ4n) is 1.53. The van der Waals surface area contributed by atoms with E-state index >= 15 is 0 Å². The normalized spacial score (nSPS) is 10.3. The molecule has 0 aliphatic carbocycles. The molecule has 0 atom stereocenters. The molecule has 2 heterocycles. The number of pyridine rings is 1. The molecule has 0 aliphatic rings. The van der Waals surface area contributed by atoms with Gasteiger partial charge in [0, 0.05) is 11.4 Å². The third-order valence-corrected chi connectivity index (χ3v) is 2.77. The number of carbonyl (C=O) groups excluding carboxylic acids is 1. The Bertz CT molecular complexity index is 625. The summed E-state index contributed by atoms with van der Waals surface area (Å²) in [5, 5.41) is 2.83. The Balaban J connectivity index is 2.25. The van der Waals surface area contributed by atoms with Crippen molar-refractivity contribution < 1.29 is 4.79 Å². The van der Waals surface area contributed by atoms with Crippen LogP contribution in [0.3, 0.4) is 0 Å². The number of hydrogen-bond acceptors (Lipinski definition) is 4. The maximum atomic E-state index is 12.0. The number of nitrogens with zero attached hydrogens (tertiary/aromatic N) is 3. The van der Waals surface area contributed by atoms with Gasteiger partial charge in [-0.1, -0.05) is 23.2 Å². The van der Waals surface area contributed by atoms with Crippen molar-refractivity contribution in [2.75, 3.05) is 5.32 Å². The van der Waals surface area contributed by atoms with Crippen molar-refractivity contribution in [3.05, 3.63) is 45.5 Å². The van der Waals surface area contributed by atoms with Gasteiger partial charge in [-0.2, -0.15) is 0 Å². The van der Waals surface area contributed by atoms with Crippen LogP contribution in [0.25, 0.3) is 0 Å². The number of aromatic nitrogens is 3. The summed E-state index contributed by atoms with van der Waals surface area (Å²) in [6, 6.07) is 4.80. The number of carbonyl (C=O) groups is 1. The molecule has 0 saturated heterocycles. The third kappa shape index (κ3) is 3.39. The van der Waals surface area contributed by atoms with Gasteiger partial charge >= 0.3 is 0 Å². The summed E-state index contributed by atoms with van der Waals surface area (Å²) >= 11 is 11.5. The molecule has 0 bridgehead atoms. The number of rotatable bonds is 2. The van der Waals surface area contributed by atoms with Crippen LogP contribution in [0.1, 0.15) is 21.7 Å². The van der Waals surface area contributed by atoms with Crippen molar-refractivity contribution in [2.24, 2.45) is 0 Å². The maximum Gasteiger partial charge on any atom is 0.261 e. The maximum absolute atomic E-state index is 12.0. The number of nitrogens with one attached hydrogen (secondary N) is 1. The number of anilines is 1. The van der Waals surface area contributed by atoms with Crippen LogP contribution in [0.4, 0.5) is 5.95 Å². The Kier molecular flexibility index (Phi) is 3.97. The smallest absolute Gasteiger partial charge is 0.261 e. The van der Waals surface area contributed by atoms with Crippen molar-refractivity contribution in [1.82, 2.24) is 15.0 Å². The summed E-state index contributed by atoms with van der Waals surface area (Å²) in [7, 11) is 0. The Hall–Kier alpha value is -1.72. The highest BCUT2D eigenvalue weighted by Gasteiger charge is 2.13. The Morgan fingerprint density at radius 3 is 2.32 bits per heavy atom. The van der Waals surface area contributed by atoms with Gasteiger partial charge in [-0.05, 0) is 32.0 Å². The van der Waals surface area contributed by atoms with Crippen molar-refractivity contribution in [3.63, 3.8) is 0 Å². The van der Waals surface area contributed by atoms with Crippen LogP contribution in [0.2, 0.25) is 10.3 Å². The third-order valence-electron chi connectivity index (χ3n) is 2.27. The minimum absolute atomic E-state index is 0.0365. The molecule has 0 aromatic carbocycles. The fraction of sp³-hybridized carbons (Fsp3) is 0.167. The SMILES string of the molecule is Cc1cc(C)nc(NC(=O)c2ccc(Cl)nc2Cl)n1. The first-order valence-electron chi connectivity index (χ1n) is 5.41. The molecular formula is C12H10Cl2N4O. The molecule has 5 nitrogen and oxygen atoms in total. The second-order valence-corrected chi connectivity index (χ2v) is 4.65. The van der Waals surface area contributed by atoms with Crippen LogP contribution in [-0.4, -0.2) is 20.9 Å². The van der Waals surface area contributed by atoms with Crippen LogP contribution in [-0.2, 0) is 0 Å². The lowest BCUT2D eigenvalue weighted by Crippen LogP contribution is -2.15. The zero-order valence-electron chi connectivity index (χ0n) is 10.2. The highest BCUT2D eigenvalue weighted by atomic mass is 35.5. The van der Waals surface area contributed by atoms with Crippen molar-refractivity contribution in [3.8, 4) is 0 Å². The van der Waals surface area contributed by atoms with E-state index in [1.807, 2.05) is 19.9 Å². The van der Waals surface area contributed by atoms with E-state index in [9.17, 15) is 4.79 Å². The van der Waals surface area contributed by atoms with E-state index in [0.717, 1.165) is 11.4 Å². The lowest BCUT2D eigenvalue weighted by Gasteiger charge is -2.06. The minimum atomic E-state index is -0.431. The highest BCUT2D eigenvalue weighted by molar-refractivity contribution is 6.35. The van der Waals surface area contributed by atoms with Gasteiger partial charge in [0.25, 0.3) is 5.91 Å². The second kappa shape index (κ2) is 5.50. The molecule has 0 unspecified atom stereocenters. The monoisotopic (exact) mass is 296 g/mol. The molecule has 2 aromatic heterocycles. The van der Waals surface area contributed by atoms with Gasteiger partial charge in [0.1, 0.15) is 10.3 Å². The first kappa shape index (κ1) is 13.7. The standard InChI is InChI=1S/C12H10Cl2N4O/c1-6-5-7(2)16-12(15-6)18-11(19)8-3-4-9(13)17-10(8)14/h3-5H,1-2H3,(H,15,16,18,19). The van der Waals surface area contributed by atoms with Gasteiger partial charge in [0.05, 0.1) is 5.56 Å². The molecule has 0 aliphatic heterocycles. The Morgan fingerprint density at radius 2 is 1.74 bits per heavy atom. The van der Waals surface area contributed by atoms with Gasteiger partial charge in [0.2, 0.25) is 5.95 Å². The molecule has 98 valence electrons. The summed E-state index contributed by atoms with van der Waals surface area (Å²) in [4.78, 5) is 24.0. The van der Waals surface area contributed by atoms with Crippen LogP contribution in [0.15, 0.2) is 18.2 Å². The van der Waals surface area contributed by atoms with Crippen molar-refractivity contribution in [2.45, 2.75) is 13.8 Å². The molecule has 0 saturated carbocycles. The summed E-state index contributed by atoms with van der Waals surface area (Å²) in [6.07, 6.45) is 0. The number of halogens is 2. The summed E-state index contributed by atoms with van der Waals surface area (Å²) < 4.78 is 0. The summed E-state index contributed by atoms with van der Waals surface area (Å²) in [5.41, 5.74) is 1.75. The van der Waals surface area contributed by atoms with E-state index in [4.69, 9.17) is 23.2 Å². The molecule has 0 spiro atoms. The van der Waals surface area contributed by atoms with E-state index in [-0.39, 0.29) is 21.8 Å². The van der Waals surface area contributed by atoms with Gasteiger partial charge in [0.15, 0.2) is 0 Å². The topological polar surface area (TPSA) is 67.8 Å². The van der Waals surface area contributed by atoms with E-state index in [0.29, 0.717) is 0 Å². The lowest BCUT2D eigenvalue weighted by molar-refractivity contribution is 0.102. The Morgan fingerprint density at radius 1 is 1.11 bits per heavy atom. The van der Waals surface area contributed by atoms with Gasteiger partial charge in [-0.25, -0.2) is 15.0 Å². The van der Waals surface area contributed by atoms with E-state index in [1.54, 1.807) is 0 Å². The van der Waals surface area contributed by atoms with E-state index in [1.165, 1.54) is 12.1 Å². The first-order valence-corrected chi connectivity index (χ1v) is 6.17. The van der Waals surface area contributed by atoms with E-state index < -0.39 is 5.91 Å². The number of amides is 1. The quantitative estimate of drug-likeness (QED) is 0.865.